The van der Waals surface area contributed by atoms with Gasteiger partial charge in [0.2, 0.25) is 0 Å². The van der Waals surface area contributed by atoms with Gasteiger partial charge < -0.3 is 11.1 Å². The number of hydrogen-bond donors (Lipinski definition) is 2. The molecule has 0 bridgehead atoms. The normalized spacial score (nSPS) is 10.7. The van der Waals surface area contributed by atoms with E-state index in [-0.39, 0.29) is 6.03 Å². The molecule has 0 saturated heterocycles. The lowest BCUT2D eigenvalue weighted by Gasteiger charge is -2.22. The van der Waals surface area contributed by atoms with Gasteiger partial charge in [-0.05, 0) is 55.0 Å². The first-order valence-corrected chi connectivity index (χ1v) is 8.38. The topological polar surface area (TPSA) is 58.4 Å². The number of carbonyl (C=O) groups excluding carboxylic acids is 1. The molecule has 0 heterocycles. The smallest absolute Gasteiger partial charge is 0.330 e. The monoisotopic (exact) mass is 343 g/mol. The fraction of sp³-hybridized carbons (Fsp3) is 0.0455. The van der Waals surface area contributed by atoms with Crippen LogP contribution in [0.1, 0.15) is 11.1 Å². The number of amides is 2. The standard InChI is InChI=1S/C22H21N3O/c1-17-7-9-18(10-8-17)15-16-24-22(26)25(20-5-3-2-4-6-20)21-13-11-19(23)12-14-21/h2-16H,23H2,1H3,(H,24,26)/b16-15+. The number of nitrogens with two attached hydrogens (primary N) is 1. The van der Waals surface area contributed by atoms with Crippen LogP contribution in [0.4, 0.5) is 21.9 Å². The van der Waals surface area contributed by atoms with Crippen molar-refractivity contribution in [3.8, 4) is 0 Å². The summed E-state index contributed by atoms with van der Waals surface area (Å²) in [4.78, 5) is 14.4. The van der Waals surface area contributed by atoms with E-state index >= 15 is 0 Å². The molecule has 4 heteroatoms. The molecule has 0 radical (unpaired) electrons. The number of para-hydroxylation sites is 1. The molecule has 130 valence electrons. The minimum atomic E-state index is -0.246. The highest BCUT2D eigenvalue weighted by Crippen LogP contribution is 2.26. The maximum atomic E-state index is 12.8. The van der Waals surface area contributed by atoms with Gasteiger partial charge in [-0.15, -0.1) is 0 Å². The van der Waals surface area contributed by atoms with E-state index in [1.54, 1.807) is 23.2 Å². The zero-order valence-electron chi connectivity index (χ0n) is 14.6. The van der Waals surface area contributed by atoms with E-state index in [0.717, 1.165) is 16.9 Å². The van der Waals surface area contributed by atoms with Crippen LogP contribution in [0.25, 0.3) is 6.08 Å². The van der Waals surface area contributed by atoms with Crippen LogP contribution in [-0.4, -0.2) is 6.03 Å². The molecule has 0 aliphatic heterocycles. The molecular formula is C22H21N3O. The molecule has 0 unspecified atom stereocenters. The number of nitrogens with zero attached hydrogens (tertiary/aromatic N) is 1. The van der Waals surface area contributed by atoms with Crippen LogP contribution in [-0.2, 0) is 0 Å². The van der Waals surface area contributed by atoms with Gasteiger partial charge in [0, 0.05) is 11.9 Å². The van der Waals surface area contributed by atoms with Crippen molar-refractivity contribution < 1.29 is 4.79 Å². The Labute approximate surface area is 153 Å². The fourth-order valence-electron chi connectivity index (χ4n) is 2.54. The van der Waals surface area contributed by atoms with E-state index < -0.39 is 0 Å². The predicted molar refractivity (Wildman–Crippen MR) is 108 cm³/mol. The summed E-state index contributed by atoms with van der Waals surface area (Å²) in [6, 6.07) is 24.5. The van der Waals surface area contributed by atoms with Crippen LogP contribution in [0.5, 0.6) is 0 Å². The first kappa shape index (κ1) is 17.3. The van der Waals surface area contributed by atoms with Gasteiger partial charge in [-0.1, -0.05) is 48.0 Å². The number of carbonyl (C=O) groups is 1. The van der Waals surface area contributed by atoms with Gasteiger partial charge in [-0.25, -0.2) is 4.79 Å². The Balaban J connectivity index is 1.81. The molecule has 3 N–H and O–H groups in total. The maximum absolute atomic E-state index is 12.8. The van der Waals surface area contributed by atoms with Gasteiger partial charge in [0.1, 0.15) is 0 Å². The molecule has 0 spiro atoms. The Hall–Kier alpha value is -3.53. The minimum absolute atomic E-state index is 0.246. The lowest BCUT2D eigenvalue weighted by atomic mass is 10.1. The summed E-state index contributed by atoms with van der Waals surface area (Å²) in [6.45, 7) is 2.04. The number of rotatable bonds is 4. The summed E-state index contributed by atoms with van der Waals surface area (Å²) in [6.07, 6.45) is 3.52. The van der Waals surface area contributed by atoms with Crippen molar-refractivity contribution in [2.75, 3.05) is 10.6 Å². The fourth-order valence-corrected chi connectivity index (χ4v) is 2.54. The largest absolute Gasteiger partial charge is 0.399 e. The molecule has 0 fully saturated rings. The highest BCUT2D eigenvalue weighted by molar-refractivity contribution is 6.00. The van der Waals surface area contributed by atoms with Gasteiger partial charge in [-0.3, -0.25) is 4.90 Å². The average molecular weight is 343 g/mol. The number of nitrogen functional groups attached to an aromatic ring is 1. The Bertz CT molecular complexity index is 885. The molecule has 0 aliphatic rings. The van der Waals surface area contributed by atoms with Crippen molar-refractivity contribution in [1.29, 1.82) is 0 Å². The predicted octanol–water partition coefficient (Wildman–Crippen LogP) is 5.10. The zero-order valence-corrected chi connectivity index (χ0v) is 14.6. The quantitative estimate of drug-likeness (QED) is 0.648. The van der Waals surface area contributed by atoms with Crippen LogP contribution in [0.2, 0.25) is 0 Å². The molecule has 3 rings (SSSR count). The molecule has 26 heavy (non-hydrogen) atoms. The van der Waals surface area contributed by atoms with E-state index in [1.807, 2.05) is 79.7 Å². The second-order valence-electron chi connectivity index (χ2n) is 5.96. The third-order valence-corrected chi connectivity index (χ3v) is 3.93. The van der Waals surface area contributed by atoms with Crippen LogP contribution in [0.3, 0.4) is 0 Å². The molecule has 0 aromatic heterocycles. The number of nitrogens with one attached hydrogen (secondary N) is 1. The number of urea groups is 1. The molecular weight excluding hydrogens is 322 g/mol. The van der Waals surface area contributed by atoms with E-state index in [0.29, 0.717) is 5.69 Å². The lowest BCUT2D eigenvalue weighted by molar-refractivity contribution is 0.251. The van der Waals surface area contributed by atoms with Crippen LogP contribution < -0.4 is 16.0 Å². The van der Waals surface area contributed by atoms with E-state index in [1.165, 1.54) is 5.56 Å². The molecule has 0 atom stereocenters. The molecule has 0 saturated carbocycles. The van der Waals surface area contributed by atoms with Crippen LogP contribution in [0, 0.1) is 6.92 Å². The highest BCUT2D eigenvalue weighted by atomic mass is 16.2. The van der Waals surface area contributed by atoms with Crippen molar-refractivity contribution in [1.82, 2.24) is 5.32 Å². The van der Waals surface area contributed by atoms with Crippen LogP contribution in [0.15, 0.2) is 85.1 Å². The van der Waals surface area contributed by atoms with Crippen molar-refractivity contribution >= 4 is 29.2 Å². The van der Waals surface area contributed by atoms with Crippen molar-refractivity contribution in [2.24, 2.45) is 0 Å². The van der Waals surface area contributed by atoms with E-state index in [9.17, 15) is 4.79 Å². The van der Waals surface area contributed by atoms with Gasteiger partial charge in [0.15, 0.2) is 0 Å². The summed E-state index contributed by atoms with van der Waals surface area (Å²) in [5.41, 5.74) is 10.2. The molecule has 3 aromatic rings. The number of benzene rings is 3. The Morgan fingerprint density at radius 2 is 1.50 bits per heavy atom. The second kappa shape index (κ2) is 8.03. The number of hydrogen-bond acceptors (Lipinski definition) is 2. The van der Waals surface area contributed by atoms with Gasteiger partial charge in [-0.2, -0.15) is 0 Å². The summed E-state index contributed by atoms with van der Waals surface area (Å²) >= 11 is 0. The summed E-state index contributed by atoms with van der Waals surface area (Å²) in [7, 11) is 0. The lowest BCUT2D eigenvalue weighted by Crippen LogP contribution is -2.33. The number of anilines is 3. The summed E-state index contributed by atoms with van der Waals surface area (Å²) in [5.74, 6) is 0. The van der Waals surface area contributed by atoms with Crippen LogP contribution >= 0.6 is 0 Å². The molecule has 2 amide bonds. The molecule has 4 nitrogen and oxygen atoms in total. The van der Waals surface area contributed by atoms with Gasteiger partial charge in [0.05, 0.1) is 11.4 Å². The summed E-state index contributed by atoms with van der Waals surface area (Å²) < 4.78 is 0. The first-order chi connectivity index (χ1) is 12.6. The molecule has 3 aromatic carbocycles. The van der Waals surface area contributed by atoms with Crippen molar-refractivity contribution in [3.63, 3.8) is 0 Å². The van der Waals surface area contributed by atoms with Crippen molar-refractivity contribution in [2.45, 2.75) is 6.92 Å². The third kappa shape index (κ3) is 4.30. The zero-order chi connectivity index (χ0) is 18.4. The van der Waals surface area contributed by atoms with Gasteiger partial charge in [0.25, 0.3) is 0 Å². The highest BCUT2D eigenvalue weighted by Gasteiger charge is 2.16. The van der Waals surface area contributed by atoms with E-state index in [4.69, 9.17) is 5.73 Å². The first-order valence-electron chi connectivity index (χ1n) is 8.38. The second-order valence-corrected chi connectivity index (χ2v) is 5.96. The van der Waals surface area contributed by atoms with E-state index in [2.05, 4.69) is 5.32 Å². The number of aryl methyl sites for hydroxylation is 1. The maximum Gasteiger partial charge on any atom is 0.330 e. The average Bonchev–Trinajstić information content (AvgIpc) is 2.66. The van der Waals surface area contributed by atoms with Crippen molar-refractivity contribution in [3.05, 3.63) is 96.2 Å². The SMILES string of the molecule is Cc1ccc(/C=C/NC(=O)N(c2ccccc2)c2ccc(N)cc2)cc1. The van der Waals surface area contributed by atoms with Gasteiger partial charge >= 0.3 is 6.03 Å². The molecule has 0 aliphatic carbocycles. The Morgan fingerprint density at radius 1 is 0.885 bits per heavy atom. The Kier molecular flexibility index (Phi) is 5.34. The minimum Gasteiger partial charge on any atom is -0.399 e. The Morgan fingerprint density at radius 3 is 2.15 bits per heavy atom. The third-order valence-electron chi connectivity index (χ3n) is 3.93. The summed E-state index contributed by atoms with van der Waals surface area (Å²) in [5, 5.41) is 2.83.